The van der Waals surface area contributed by atoms with E-state index in [9.17, 15) is 5.11 Å². The van der Waals surface area contributed by atoms with Gasteiger partial charge in [0.25, 0.3) is 0 Å². The lowest BCUT2D eigenvalue weighted by Crippen LogP contribution is -2.38. The van der Waals surface area contributed by atoms with E-state index in [1.807, 2.05) is 31.2 Å². The molecule has 0 spiro atoms. The van der Waals surface area contributed by atoms with E-state index >= 15 is 0 Å². The number of guanidine groups is 1. The first-order valence-corrected chi connectivity index (χ1v) is 9.17. The second kappa shape index (κ2) is 12.5. The Morgan fingerprint density at radius 2 is 2.04 bits per heavy atom. The molecule has 2 aromatic rings. The van der Waals surface area contributed by atoms with Gasteiger partial charge in [0, 0.05) is 28.8 Å². The Morgan fingerprint density at radius 3 is 2.68 bits per heavy atom. The minimum atomic E-state index is -0.737. The summed E-state index contributed by atoms with van der Waals surface area (Å²) in [6.07, 6.45) is 0.804. The summed E-state index contributed by atoms with van der Waals surface area (Å²) in [5.41, 5.74) is 0. The van der Waals surface area contributed by atoms with E-state index < -0.39 is 6.10 Å². The highest BCUT2D eigenvalue weighted by molar-refractivity contribution is 14.0. The number of nitrogens with zero attached hydrogens (tertiary/aromatic N) is 1. The molecule has 0 aliphatic heterocycles. The second-order valence-corrected chi connectivity index (χ2v) is 6.58. The van der Waals surface area contributed by atoms with Crippen LogP contribution in [-0.4, -0.2) is 36.5 Å². The molecule has 0 fully saturated rings. The van der Waals surface area contributed by atoms with Crippen LogP contribution in [0.25, 0.3) is 0 Å². The van der Waals surface area contributed by atoms with Gasteiger partial charge in [-0.1, -0.05) is 11.6 Å². The van der Waals surface area contributed by atoms with E-state index in [1.165, 1.54) is 4.90 Å². The minimum Gasteiger partial charge on any atom is -0.467 e. The van der Waals surface area contributed by atoms with E-state index in [2.05, 4.69) is 15.6 Å². The Hall–Kier alpha value is -0.900. The number of nitrogens with one attached hydrogen (secondary N) is 2. The van der Waals surface area contributed by atoms with Gasteiger partial charge in [0.05, 0.1) is 12.8 Å². The predicted octanol–water partition coefficient (Wildman–Crippen LogP) is 3.93. The van der Waals surface area contributed by atoms with Crippen molar-refractivity contribution in [2.24, 2.45) is 4.99 Å². The number of aliphatic hydroxyl groups excluding tert-OH is 1. The maximum atomic E-state index is 10.00. The second-order valence-electron chi connectivity index (χ2n) is 4.98. The zero-order valence-corrected chi connectivity index (χ0v) is 17.8. The third-order valence-corrected chi connectivity index (χ3v) is 4.38. The Kier molecular flexibility index (Phi) is 11.0. The normalized spacial score (nSPS) is 12.4. The lowest BCUT2D eigenvalue weighted by atomic mass is 10.3. The van der Waals surface area contributed by atoms with Crippen LogP contribution in [-0.2, 0) is 0 Å². The van der Waals surface area contributed by atoms with Crippen LogP contribution in [0.4, 0.5) is 0 Å². The van der Waals surface area contributed by atoms with Gasteiger partial charge in [-0.15, -0.1) is 35.7 Å². The Balaban J connectivity index is 0.00000312. The van der Waals surface area contributed by atoms with Crippen LogP contribution in [0.1, 0.15) is 18.8 Å². The van der Waals surface area contributed by atoms with Crippen molar-refractivity contribution in [2.75, 3.05) is 25.4 Å². The fourth-order valence-electron chi connectivity index (χ4n) is 1.96. The van der Waals surface area contributed by atoms with Gasteiger partial charge in [0.1, 0.15) is 11.9 Å². The number of hydrogen-bond acceptors (Lipinski definition) is 4. The fraction of sp³-hybridized carbons (Fsp3) is 0.353. The van der Waals surface area contributed by atoms with Crippen LogP contribution in [0.2, 0.25) is 5.02 Å². The van der Waals surface area contributed by atoms with Crippen molar-refractivity contribution in [3.8, 4) is 0 Å². The fourth-order valence-corrected chi connectivity index (χ4v) is 2.85. The maximum absolute atomic E-state index is 10.00. The smallest absolute Gasteiger partial charge is 0.191 e. The van der Waals surface area contributed by atoms with Gasteiger partial charge in [-0.3, -0.25) is 4.99 Å². The molecule has 0 saturated carbocycles. The third kappa shape index (κ3) is 8.35. The van der Waals surface area contributed by atoms with Crippen LogP contribution < -0.4 is 10.6 Å². The van der Waals surface area contributed by atoms with E-state index in [1.54, 1.807) is 30.2 Å². The highest BCUT2D eigenvalue weighted by atomic mass is 127. The molecule has 8 heteroatoms. The molecule has 0 aliphatic carbocycles. The summed E-state index contributed by atoms with van der Waals surface area (Å²) < 4.78 is 5.17. The van der Waals surface area contributed by atoms with Crippen molar-refractivity contribution in [3.05, 3.63) is 53.4 Å². The Labute approximate surface area is 174 Å². The topological polar surface area (TPSA) is 69.8 Å². The van der Waals surface area contributed by atoms with Crippen LogP contribution >= 0.6 is 47.3 Å². The number of aliphatic hydroxyl groups is 1. The van der Waals surface area contributed by atoms with Crippen molar-refractivity contribution in [2.45, 2.75) is 17.9 Å². The number of thioether (sulfide) groups is 1. The van der Waals surface area contributed by atoms with Crippen molar-refractivity contribution >= 4 is 53.3 Å². The average Bonchev–Trinajstić information content (AvgIpc) is 3.12. The molecule has 1 atom stereocenters. The number of furan rings is 1. The lowest BCUT2D eigenvalue weighted by molar-refractivity contribution is 0.158. The molecule has 3 N–H and O–H groups in total. The summed E-state index contributed by atoms with van der Waals surface area (Å²) in [7, 11) is 0. The van der Waals surface area contributed by atoms with Crippen LogP contribution in [0.5, 0.6) is 0 Å². The molecule has 0 bridgehead atoms. The maximum Gasteiger partial charge on any atom is 0.191 e. The first kappa shape index (κ1) is 22.1. The van der Waals surface area contributed by atoms with E-state index in [4.69, 9.17) is 16.0 Å². The summed E-state index contributed by atoms with van der Waals surface area (Å²) in [4.78, 5) is 5.56. The zero-order chi connectivity index (χ0) is 17.2. The molecule has 2 rings (SSSR count). The molecule has 1 unspecified atom stereocenters. The molecular weight excluding hydrogens is 473 g/mol. The summed E-state index contributed by atoms with van der Waals surface area (Å²) in [6, 6.07) is 11.3. The van der Waals surface area contributed by atoms with Gasteiger partial charge < -0.3 is 20.2 Å². The third-order valence-electron chi connectivity index (χ3n) is 3.12. The number of hydrogen-bond donors (Lipinski definition) is 3. The first-order valence-electron chi connectivity index (χ1n) is 7.81. The first-order chi connectivity index (χ1) is 11.7. The summed E-state index contributed by atoms with van der Waals surface area (Å²) in [6.45, 7) is 3.76. The van der Waals surface area contributed by atoms with Crippen LogP contribution in [0.15, 0.2) is 57.0 Å². The van der Waals surface area contributed by atoms with Crippen LogP contribution in [0, 0.1) is 0 Å². The molecule has 0 aliphatic rings. The summed E-state index contributed by atoms with van der Waals surface area (Å²) in [5.74, 6) is 2.10. The Morgan fingerprint density at radius 1 is 1.28 bits per heavy atom. The van der Waals surface area contributed by atoms with Crippen molar-refractivity contribution in [1.29, 1.82) is 0 Å². The standard InChI is InChI=1S/C17H22ClN3O2S.HI/c1-2-19-17(21-12-15(22)16-4-3-10-23-16)20-9-11-24-14-7-5-13(18)6-8-14;/h3-8,10,15,22H,2,9,11-12H2,1H3,(H2,19,20,21);1H. The van der Waals surface area contributed by atoms with E-state index in [-0.39, 0.29) is 30.5 Å². The van der Waals surface area contributed by atoms with E-state index in [0.717, 1.165) is 23.9 Å². The number of benzene rings is 1. The molecule has 0 radical (unpaired) electrons. The molecule has 1 aromatic heterocycles. The average molecular weight is 496 g/mol. The highest BCUT2D eigenvalue weighted by Gasteiger charge is 2.09. The quantitative estimate of drug-likeness (QED) is 0.170. The number of aliphatic imine (C=N–C) groups is 1. The van der Waals surface area contributed by atoms with Gasteiger partial charge >= 0.3 is 0 Å². The summed E-state index contributed by atoms with van der Waals surface area (Å²) >= 11 is 7.62. The molecular formula is C17H23ClIN3O2S. The molecule has 138 valence electrons. The lowest BCUT2D eigenvalue weighted by Gasteiger charge is -2.12. The Bertz CT molecular complexity index is 623. The minimum absolute atomic E-state index is 0. The molecule has 1 aromatic carbocycles. The van der Waals surface area contributed by atoms with E-state index in [0.29, 0.717) is 11.7 Å². The molecule has 25 heavy (non-hydrogen) atoms. The SMILES string of the molecule is CCNC(=NCC(O)c1ccco1)NCCSc1ccc(Cl)cc1.I. The van der Waals surface area contributed by atoms with Crippen LogP contribution in [0.3, 0.4) is 0 Å². The zero-order valence-electron chi connectivity index (χ0n) is 13.9. The highest BCUT2D eigenvalue weighted by Crippen LogP contribution is 2.19. The number of halogens is 2. The van der Waals surface area contributed by atoms with Crippen molar-refractivity contribution in [3.63, 3.8) is 0 Å². The van der Waals surface area contributed by atoms with Gasteiger partial charge in [-0.05, 0) is 43.3 Å². The largest absolute Gasteiger partial charge is 0.467 e. The van der Waals surface area contributed by atoms with Gasteiger partial charge in [-0.25, -0.2) is 0 Å². The van der Waals surface area contributed by atoms with Crippen molar-refractivity contribution < 1.29 is 9.52 Å². The molecule has 0 saturated heterocycles. The van der Waals surface area contributed by atoms with Gasteiger partial charge in [0.2, 0.25) is 0 Å². The molecule has 5 nitrogen and oxygen atoms in total. The monoisotopic (exact) mass is 495 g/mol. The summed E-state index contributed by atoms with van der Waals surface area (Å²) in [5, 5.41) is 17.2. The number of rotatable bonds is 8. The van der Waals surface area contributed by atoms with Gasteiger partial charge in [-0.2, -0.15) is 0 Å². The van der Waals surface area contributed by atoms with Gasteiger partial charge in [0.15, 0.2) is 5.96 Å². The van der Waals surface area contributed by atoms with Crippen molar-refractivity contribution in [1.82, 2.24) is 10.6 Å². The predicted molar refractivity (Wildman–Crippen MR) is 115 cm³/mol. The molecule has 0 amide bonds. The molecule has 1 heterocycles.